The summed E-state index contributed by atoms with van der Waals surface area (Å²) in [4.78, 5) is 20.6. The molecule has 0 unspecified atom stereocenters. The lowest BCUT2D eigenvalue weighted by atomic mass is 10.0. The van der Waals surface area contributed by atoms with Crippen molar-refractivity contribution in [1.82, 2.24) is 24.4 Å². The number of aryl methyl sites for hydroxylation is 1. The van der Waals surface area contributed by atoms with E-state index in [2.05, 4.69) is 16.8 Å². The molecule has 2 aromatic heterocycles. The lowest BCUT2D eigenvalue weighted by Gasteiger charge is -2.26. The zero-order chi connectivity index (χ0) is 17.4. The molecule has 2 aliphatic heterocycles. The number of aromatic nitrogens is 3. The summed E-state index contributed by atoms with van der Waals surface area (Å²) >= 11 is 0. The quantitative estimate of drug-likeness (QED) is 0.838. The van der Waals surface area contributed by atoms with E-state index in [1.165, 1.54) is 5.56 Å². The Hall–Kier alpha value is -1.99. The first-order valence-electron chi connectivity index (χ1n) is 9.02. The van der Waals surface area contributed by atoms with Crippen molar-refractivity contribution in [3.05, 3.63) is 29.2 Å². The van der Waals surface area contributed by atoms with Crippen LogP contribution in [0, 0.1) is 6.92 Å². The molecule has 1 atom stereocenters. The van der Waals surface area contributed by atoms with Crippen LogP contribution in [0.1, 0.15) is 36.2 Å². The number of carbonyl (C=O) groups excluding carboxylic acids is 1. The highest BCUT2D eigenvalue weighted by Gasteiger charge is 2.28. The SMILES string of the molecule is CC(=O)N1CC[C@H](c2ccnc3c(CN4CCOCC4)c(C)nn23)C1. The minimum atomic E-state index is 0.150. The van der Waals surface area contributed by atoms with Crippen LogP contribution in [-0.4, -0.2) is 69.7 Å². The molecule has 0 bridgehead atoms. The second-order valence-electron chi connectivity index (χ2n) is 7.01. The van der Waals surface area contributed by atoms with Crippen molar-refractivity contribution in [3.63, 3.8) is 0 Å². The van der Waals surface area contributed by atoms with E-state index in [0.29, 0.717) is 5.92 Å². The lowest BCUT2D eigenvalue weighted by molar-refractivity contribution is -0.127. The molecule has 0 aromatic carbocycles. The van der Waals surface area contributed by atoms with E-state index in [4.69, 9.17) is 9.84 Å². The van der Waals surface area contributed by atoms with Gasteiger partial charge < -0.3 is 9.64 Å². The fourth-order valence-corrected chi connectivity index (χ4v) is 3.88. The molecule has 25 heavy (non-hydrogen) atoms. The molecule has 4 rings (SSSR count). The summed E-state index contributed by atoms with van der Waals surface area (Å²) in [5.41, 5.74) is 4.34. The van der Waals surface area contributed by atoms with Gasteiger partial charge in [0.2, 0.25) is 5.91 Å². The summed E-state index contributed by atoms with van der Waals surface area (Å²) in [6, 6.07) is 2.05. The summed E-state index contributed by atoms with van der Waals surface area (Å²) in [5, 5.41) is 4.79. The predicted octanol–water partition coefficient (Wildman–Crippen LogP) is 1.21. The molecule has 0 N–H and O–H groups in total. The van der Waals surface area contributed by atoms with Gasteiger partial charge >= 0.3 is 0 Å². The third-order valence-corrected chi connectivity index (χ3v) is 5.38. The number of ether oxygens (including phenoxy) is 1. The Morgan fingerprint density at radius 2 is 2.12 bits per heavy atom. The first-order valence-corrected chi connectivity index (χ1v) is 9.02. The fourth-order valence-electron chi connectivity index (χ4n) is 3.88. The van der Waals surface area contributed by atoms with E-state index < -0.39 is 0 Å². The highest BCUT2D eigenvalue weighted by molar-refractivity contribution is 5.73. The van der Waals surface area contributed by atoms with Crippen LogP contribution in [-0.2, 0) is 16.1 Å². The van der Waals surface area contributed by atoms with Gasteiger partial charge in [-0.1, -0.05) is 0 Å². The maximum atomic E-state index is 11.6. The van der Waals surface area contributed by atoms with E-state index >= 15 is 0 Å². The minimum absolute atomic E-state index is 0.150. The standard InChI is InChI=1S/C18H25N5O2/c1-13-16(12-21-7-9-25-10-8-21)18-19-5-3-17(23(18)20-13)15-4-6-22(11-15)14(2)24/h3,5,15H,4,6-12H2,1-2H3/t15-/m0/s1. The van der Waals surface area contributed by atoms with Crippen LogP contribution in [0.5, 0.6) is 0 Å². The largest absolute Gasteiger partial charge is 0.379 e. The molecule has 4 heterocycles. The molecule has 134 valence electrons. The van der Waals surface area contributed by atoms with Crippen LogP contribution in [0.3, 0.4) is 0 Å². The zero-order valence-electron chi connectivity index (χ0n) is 14.9. The Morgan fingerprint density at radius 1 is 1.32 bits per heavy atom. The Bertz CT molecular complexity index is 781. The number of nitrogens with zero attached hydrogens (tertiary/aromatic N) is 5. The highest BCUT2D eigenvalue weighted by atomic mass is 16.5. The molecule has 0 saturated carbocycles. The summed E-state index contributed by atoms with van der Waals surface area (Å²) in [6.07, 6.45) is 2.86. The van der Waals surface area contributed by atoms with Gasteiger partial charge in [0, 0.05) is 57.3 Å². The van der Waals surface area contributed by atoms with Gasteiger partial charge in [-0.05, 0) is 19.4 Å². The number of amides is 1. The van der Waals surface area contributed by atoms with Crippen molar-refractivity contribution in [2.75, 3.05) is 39.4 Å². The van der Waals surface area contributed by atoms with E-state index in [1.54, 1.807) is 6.92 Å². The molecular formula is C18H25N5O2. The maximum absolute atomic E-state index is 11.6. The van der Waals surface area contributed by atoms with Crippen LogP contribution in [0.15, 0.2) is 12.3 Å². The molecule has 0 spiro atoms. The van der Waals surface area contributed by atoms with Crippen LogP contribution >= 0.6 is 0 Å². The number of hydrogen-bond acceptors (Lipinski definition) is 5. The third kappa shape index (κ3) is 3.14. The Kier molecular flexibility index (Phi) is 4.43. The predicted molar refractivity (Wildman–Crippen MR) is 93.4 cm³/mol. The normalized spacial score (nSPS) is 22.0. The van der Waals surface area contributed by atoms with E-state index in [-0.39, 0.29) is 5.91 Å². The lowest BCUT2D eigenvalue weighted by Crippen LogP contribution is -2.35. The third-order valence-electron chi connectivity index (χ3n) is 5.38. The van der Waals surface area contributed by atoms with Gasteiger partial charge in [-0.2, -0.15) is 5.10 Å². The molecule has 7 nitrogen and oxygen atoms in total. The van der Waals surface area contributed by atoms with Gasteiger partial charge in [0.05, 0.1) is 24.6 Å². The summed E-state index contributed by atoms with van der Waals surface area (Å²) in [7, 11) is 0. The second-order valence-corrected chi connectivity index (χ2v) is 7.01. The van der Waals surface area contributed by atoms with Crippen molar-refractivity contribution in [2.24, 2.45) is 0 Å². The van der Waals surface area contributed by atoms with Gasteiger partial charge in [-0.25, -0.2) is 9.50 Å². The monoisotopic (exact) mass is 343 g/mol. The number of hydrogen-bond donors (Lipinski definition) is 0. The molecule has 0 radical (unpaired) electrons. The molecule has 1 amide bonds. The fraction of sp³-hybridized carbons (Fsp3) is 0.611. The van der Waals surface area contributed by atoms with E-state index in [9.17, 15) is 4.79 Å². The molecule has 2 aliphatic rings. The summed E-state index contributed by atoms with van der Waals surface area (Å²) in [5.74, 6) is 0.474. The smallest absolute Gasteiger partial charge is 0.219 e. The van der Waals surface area contributed by atoms with Crippen molar-refractivity contribution in [3.8, 4) is 0 Å². The molecule has 2 aromatic rings. The average Bonchev–Trinajstić information content (AvgIpc) is 3.22. The molecular weight excluding hydrogens is 318 g/mol. The molecule has 7 heteroatoms. The first-order chi connectivity index (χ1) is 12.1. The number of likely N-dealkylation sites (tertiary alicyclic amines) is 1. The van der Waals surface area contributed by atoms with Crippen molar-refractivity contribution in [2.45, 2.75) is 32.7 Å². The number of fused-ring (bicyclic) bond motifs is 1. The Balaban J connectivity index is 1.64. The number of carbonyl (C=O) groups is 1. The second kappa shape index (κ2) is 6.72. The van der Waals surface area contributed by atoms with Gasteiger partial charge in [-0.3, -0.25) is 9.69 Å². The van der Waals surface area contributed by atoms with E-state index in [1.807, 2.05) is 21.7 Å². The van der Waals surface area contributed by atoms with Crippen LogP contribution < -0.4 is 0 Å². The molecule has 2 fully saturated rings. The van der Waals surface area contributed by atoms with Crippen molar-refractivity contribution in [1.29, 1.82) is 0 Å². The highest BCUT2D eigenvalue weighted by Crippen LogP contribution is 2.28. The molecule has 2 saturated heterocycles. The van der Waals surface area contributed by atoms with E-state index in [0.717, 1.165) is 69.4 Å². The van der Waals surface area contributed by atoms with Crippen LogP contribution in [0.2, 0.25) is 0 Å². The van der Waals surface area contributed by atoms with Gasteiger partial charge in [0.1, 0.15) is 0 Å². The summed E-state index contributed by atoms with van der Waals surface area (Å²) in [6.45, 7) is 9.64. The number of rotatable bonds is 3. The topological polar surface area (TPSA) is 63.0 Å². The number of morpholine rings is 1. The van der Waals surface area contributed by atoms with Gasteiger partial charge in [0.15, 0.2) is 5.65 Å². The average molecular weight is 343 g/mol. The van der Waals surface area contributed by atoms with Crippen molar-refractivity contribution >= 4 is 11.6 Å². The summed E-state index contributed by atoms with van der Waals surface area (Å²) < 4.78 is 7.44. The zero-order valence-corrected chi connectivity index (χ0v) is 14.9. The Morgan fingerprint density at radius 3 is 2.84 bits per heavy atom. The molecule has 0 aliphatic carbocycles. The van der Waals surface area contributed by atoms with Gasteiger partial charge in [0.25, 0.3) is 0 Å². The van der Waals surface area contributed by atoms with Crippen molar-refractivity contribution < 1.29 is 9.53 Å². The Labute approximate surface area is 147 Å². The van der Waals surface area contributed by atoms with Crippen LogP contribution in [0.4, 0.5) is 0 Å². The van der Waals surface area contributed by atoms with Crippen LogP contribution in [0.25, 0.3) is 5.65 Å². The maximum Gasteiger partial charge on any atom is 0.219 e. The van der Waals surface area contributed by atoms with Gasteiger partial charge in [-0.15, -0.1) is 0 Å². The first kappa shape index (κ1) is 16.5. The minimum Gasteiger partial charge on any atom is -0.379 e.